The Bertz CT molecular complexity index is 544. The highest BCUT2D eigenvalue weighted by atomic mass is 79.9. The molecular formula is C16H25BrN2OS. The van der Waals surface area contributed by atoms with E-state index in [9.17, 15) is 0 Å². The van der Waals surface area contributed by atoms with E-state index in [-0.39, 0.29) is 11.5 Å². The molecule has 0 spiro atoms. The zero-order chi connectivity index (χ0) is 15.6. The van der Waals surface area contributed by atoms with Crippen LogP contribution in [0.25, 0.3) is 0 Å². The number of ether oxygens (including phenoxy) is 1. The average Bonchev–Trinajstić information content (AvgIpc) is 2.43. The van der Waals surface area contributed by atoms with Crippen molar-refractivity contribution in [3.8, 4) is 0 Å². The first-order valence-electron chi connectivity index (χ1n) is 7.67. The van der Waals surface area contributed by atoms with Crippen molar-refractivity contribution in [2.45, 2.75) is 64.4 Å². The third-order valence-electron chi connectivity index (χ3n) is 4.23. The molecule has 21 heavy (non-hydrogen) atoms. The van der Waals surface area contributed by atoms with E-state index in [4.69, 9.17) is 17.0 Å². The monoisotopic (exact) mass is 372 g/mol. The third-order valence-corrected chi connectivity index (χ3v) is 5.56. The van der Waals surface area contributed by atoms with E-state index in [0.29, 0.717) is 10.6 Å². The van der Waals surface area contributed by atoms with Gasteiger partial charge in [-0.25, -0.2) is 4.98 Å². The highest BCUT2D eigenvalue weighted by Gasteiger charge is 2.29. The molecule has 1 saturated carbocycles. The molecule has 0 amide bonds. The number of hydrogen-bond acceptors (Lipinski definition) is 3. The number of nitrogens with one attached hydrogen (secondary N) is 1. The van der Waals surface area contributed by atoms with E-state index in [0.717, 1.165) is 16.0 Å². The average molecular weight is 373 g/mol. The van der Waals surface area contributed by atoms with Gasteiger partial charge in [-0.15, -0.1) is 0 Å². The van der Waals surface area contributed by atoms with Crippen LogP contribution in [0.15, 0.2) is 4.47 Å². The highest BCUT2D eigenvalue weighted by molar-refractivity contribution is 9.10. The lowest BCUT2D eigenvalue weighted by molar-refractivity contribution is 0.0285. The smallest absolute Gasteiger partial charge is 0.144 e. The van der Waals surface area contributed by atoms with E-state index >= 15 is 0 Å². The fourth-order valence-corrected chi connectivity index (χ4v) is 4.07. The van der Waals surface area contributed by atoms with E-state index < -0.39 is 0 Å². The van der Waals surface area contributed by atoms with E-state index in [1.54, 1.807) is 7.11 Å². The van der Waals surface area contributed by atoms with Crippen LogP contribution in [0.4, 0.5) is 0 Å². The zero-order valence-corrected chi connectivity index (χ0v) is 15.7. The van der Waals surface area contributed by atoms with E-state index in [1.807, 2.05) is 0 Å². The third kappa shape index (κ3) is 3.93. The Balaban J connectivity index is 2.42. The summed E-state index contributed by atoms with van der Waals surface area (Å²) >= 11 is 9.01. The molecule has 0 radical (unpaired) electrons. The van der Waals surface area contributed by atoms with Crippen molar-refractivity contribution < 1.29 is 4.74 Å². The maximum Gasteiger partial charge on any atom is 0.144 e. The molecule has 5 heteroatoms. The van der Waals surface area contributed by atoms with Gasteiger partial charge in [-0.3, -0.25) is 0 Å². The van der Waals surface area contributed by atoms with Crippen LogP contribution < -0.4 is 0 Å². The second-order valence-corrected chi connectivity index (χ2v) is 8.10. The maximum atomic E-state index is 5.78. The Labute approximate surface area is 141 Å². The van der Waals surface area contributed by atoms with Crippen LogP contribution in [-0.2, 0) is 10.2 Å². The number of nitrogens with zero attached hydrogens (tertiary/aromatic N) is 1. The van der Waals surface area contributed by atoms with Crippen LogP contribution in [0.1, 0.15) is 70.5 Å². The summed E-state index contributed by atoms with van der Waals surface area (Å²) in [5.74, 6) is 1.42. The molecule has 0 aromatic carbocycles. The second-order valence-electron chi connectivity index (χ2n) is 6.92. The lowest BCUT2D eigenvalue weighted by Crippen LogP contribution is -2.23. The van der Waals surface area contributed by atoms with Gasteiger partial charge in [0, 0.05) is 18.2 Å². The largest absolute Gasteiger partial charge is 0.373 e. The minimum Gasteiger partial charge on any atom is -0.373 e. The summed E-state index contributed by atoms with van der Waals surface area (Å²) in [5, 5.41) is 0. The molecule has 1 aliphatic carbocycles. The maximum absolute atomic E-state index is 5.78. The summed E-state index contributed by atoms with van der Waals surface area (Å²) in [6.07, 6.45) is 6.34. The molecule has 0 saturated heterocycles. The molecule has 3 nitrogen and oxygen atoms in total. The summed E-state index contributed by atoms with van der Waals surface area (Å²) in [6, 6.07) is 0. The van der Waals surface area contributed by atoms with Crippen LogP contribution in [0, 0.1) is 10.6 Å². The van der Waals surface area contributed by atoms with Crippen molar-refractivity contribution in [3.63, 3.8) is 0 Å². The molecule has 1 atom stereocenters. The van der Waals surface area contributed by atoms with Crippen molar-refractivity contribution in [2.75, 3.05) is 7.11 Å². The SMILES string of the molecule is COC(c1nc(=S)c(Br)c(C(C)(C)C)[nH]1)C1CCCCC1. The minimum atomic E-state index is -0.0189. The highest BCUT2D eigenvalue weighted by Crippen LogP contribution is 2.37. The number of hydrogen-bond donors (Lipinski definition) is 1. The first-order valence-corrected chi connectivity index (χ1v) is 8.87. The molecule has 1 aromatic rings. The number of methoxy groups -OCH3 is 1. The Morgan fingerprint density at radius 3 is 2.43 bits per heavy atom. The lowest BCUT2D eigenvalue weighted by atomic mass is 9.84. The van der Waals surface area contributed by atoms with Gasteiger partial charge in [-0.05, 0) is 34.7 Å². The summed E-state index contributed by atoms with van der Waals surface area (Å²) < 4.78 is 7.30. The van der Waals surface area contributed by atoms with E-state index in [1.165, 1.54) is 32.1 Å². The fourth-order valence-electron chi connectivity index (χ4n) is 3.09. The number of H-pyrrole nitrogens is 1. The molecule has 1 fully saturated rings. The summed E-state index contributed by atoms with van der Waals surface area (Å²) in [7, 11) is 1.77. The van der Waals surface area contributed by atoms with Crippen molar-refractivity contribution in [1.29, 1.82) is 0 Å². The van der Waals surface area contributed by atoms with Gasteiger partial charge in [-0.1, -0.05) is 52.3 Å². The predicted molar refractivity (Wildman–Crippen MR) is 92.1 cm³/mol. The minimum absolute atomic E-state index is 0.0150. The normalized spacial score (nSPS) is 18.7. The number of aromatic amines is 1. The van der Waals surface area contributed by atoms with Gasteiger partial charge >= 0.3 is 0 Å². The Hall–Kier alpha value is -0.260. The van der Waals surface area contributed by atoms with Gasteiger partial charge in [0.1, 0.15) is 16.6 Å². The quantitative estimate of drug-likeness (QED) is 0.715. The molecule has 1 heterocycles. The first-order chi connectivity index (χ1) is 9.84. The number of aromatic nitrogens is 2. The van der Waals surface area contributed by atoms with Crippen LogP contribution in [0.3, 0.4) is 0 Å². The number of rotatable bonds is 3. The second kappa shape index (κ2) is 6.88. The van der Waals surface area contributed by atoms with Gasteiger partial charge in [0.05, 0.1) is 4.47 Å². The molecule has 2 rings (SSSR count). The van der Waals surface area contributed by atoms with Crippen molar-refractivity contribution in [2.24, 2.45) is 5.92 Å². The Kier molecular flexibility index (Phi) is 5.60. The van der Waals surface area contributed by atoms with Crippen LogP contribution >= 0.6 is 28.1 Å². The predicted octanol–water partition coefficient (Wildman–Crippen LogP) is 5.47. The van der Waals surface area contributed by atoms with Crippen LogP contribution in [0.5, 0.6) is 0 Å². The first kappa shape index (κ1) is 17.1. The van der Waals surface area contributed by atoms with Crippen molar-refractivity contribution in [1.82, 2.24) is 9.97 Å². The molecule has 1 aromatic heterocycles. The van der Waals surface area contributed by atoms with E-state index in [2.05, 4.69) is 46.7 Å². The Morgan fingerprint density at radius 1 is 1.29 bits per heavy atom. The van der Waals surface area contributed by atoms with Gasteiger partial charge in [0.2, 0.25) is 0 Å². The van der Waals surface area contributed by atoms with Crippen LogP contribution in [0.2, 0.25) is 0 Å². The molecule has 1 unspecified atom stereocenters. The molecule has 118 valence electrons. The molecular weight excluding hydrogens is 348 g/mol. The Morgan fingerprint density at radius 2 is 1.90 bits per heavy atom. The van der Waals surface area contributed by atoms with Gasteiger partial charge in [-0.2, -0.15) is 0 Å². The summed E-state index contributed by atoms with van der Waals surface area (Å²) in [6.45, 7) is 6.51. The van der Waals surface area contributed by atoms with Gasteiger partial charge in [0.25, 0.3) is 0 Å². The van der Waals surface area contributed by atoms with Crippen molar-refractivity contribution in [3.05, 3.63) is 20.6 Å². The molecule has 1 aliphatic rings. The zero-order valence-electron chi connectivity index (χ0n) is 13.3. The number of halogens is 1. The van der Waals surface area contributed by atoms with Crippen LogP contribution in [-0.4, -0.2) is 17.1 Å². The lowest BCUT2D eigenvalue weighted by Gasteiger charge is -2.30. The molecule has 1 N–H and O–H groups in total. The fraction of sp³-hybridized carbons (Fsp3) is 0.750. The standard InChI is InChI=1S/C16H25BrN2OS/c1-16(2,3)13-11(17)15(21)19-14(18-13)12(20-4)10-8-6-5-7-9-10/h10,12H,5-9H2,1-4H3,(H,18,19,21). The summed E-state index contributed by atoms with van der Waals surface area (Å²) in [5.41, 5.74) is 1.07. The molecule has 0 bridgehead atoms. The van der Waals surface area contributed by atoms with Crippen molar-refractivity contribution >= 4 is 28.1 Å². The van der Waals surface area contributed by atoms with Gasteiger partial charge in [0.15, 0.2) is 0 Å². The van der Waals surface area contributed by atoms with Gasteiger partial charge < -0.3 is 9.72 Å². The topological polar surface area (TPSA) is 37.9 Å². The molecule has 0 aliphatic heterocycles. The summed E-state index contributed by atoms with van der Waals surface area (Å²) in [4.78, 5) is 8.07.